The number of unbranched alkanes of at least 4 members (excludes halogenated alkanes) is 34. The van der Waals surface area contributed by atoms with Crippen molar-refractivity contribution in [2.45, 2.75) is 271 Å². The van der Waals surface area contributed by atoms with Crippen LogP contribution < -0.4 is 10.6 Å². The number of carbonyl (C=O) groups excluding carboxylic acids is 1. The summed E-state index contributed by atoms with van der Waals surface area (Å²) in [7, 11) is 0. The standard InChI is InChI=1S/C46H91N3O/c1-4-6-8-10-12-14-16-18-20-22-23-24-25-26-28-30-32-34-36-38-40-45-47-42-43-49(45)44(3)48-46(50)41-39-37-35-33-31-29-27-21-19-17-15-13-11-9-7-5-2/h44H,4-43H2,1-3H3,(H,48,50)/p+1. The van der Waals surface area contributed by atoms with Crippen LogP contribution in [0.5, 0.6) is 0 Å². The van der Waals surface area contributed by atoms with Gasteiger partial charge in [-0.25, -0.2) is 4.58 Å². The van der Waals surface area contributed by atoms with Crippen LogP contribution in [0, 0.1) is 0 Å². The van der Waals surface area contributed by atoms with Crippen molar-refractivity contribution < 1.29 is 9.37 Å². The quantitative estimate of drug-likeness (QED) is 0.0493. The molecule has 0 saturated carbocycles. The molecule has 50 heavy (non-hydrogen) atoms. The van der Waals surface area contributed by atoms with Gasteiger partial charge in [0.25, 0.3) is 0 Å². The topological polar surface area (TPSA) is 44.1 Å². The molecule has 4 heteroatoms. The van der Waals surface area contributed by atoms with Crippen molar-refractivity contribution >= 4 is 11.7 Å². The first-order chi connectivity index (χ1) is 24.7. The van der Waals surface area contributed by atoms with Crippen LogP contribution in [0.15, 0.2) is 0 Å². The van der Waals surface area contributed by atoms with Gasteiger partial charge in [0.2, 0.25) is 11.7 Å². The summed E-state index contributed by atoms with van der Waals surface area (Å²) in [5.41, 5.74) is 0. The normalized spacial score (nSPS) is 13.7. The van der Waals surface area contributed by atoms with E-state index in [0.29, 0.717) is 6.42 Å². The third-order valence-electron chi connectivity index (χ3n) is 11.4. The molecule has 0 aromatic carbocycles. The molecule has 0 bridgehead atoms. The average molecular weight is 703 g/mol. The summed E-state index contributed by atoms with van der Waals surface area (Å²) in [4.78, 5) is 12.6. The van der Waals surface area contributed by atoms with E-state index < -0.39 is 0 Å². The highest BCUT2D eigenvalue weighted by Gasteiger charge is 2.25. The predicted molar refractivity (Wildman–Crippen MR) is 223 cm³/mol. The number of hydrogen-bond donors (Lipinski definition) is 2. The lowest BCUT2D eigenvalue weighted by Gasteiger charge is -2.15. The van der Waals surface area contributed by atoms with E-state index in [1.807, 2.05) is 0 Å². The maximum Gasteiger partial charge on any atom is 0.246 e. The van der Waals surface area contributed by atoms with Crippen molar-refractivity contribution in [1.82, 2.24) is 10.6 Å². The summed E-state index contributed by atoms with van der Waals surface area (Å²) < 4.78 is 2.40. The molecule has 1 amide bonds. The Bertz CT molecular complexity index is 750. The van der Waals surface area contributed by atoms with Gasteiger partial charge in [0.15, 0.2) is 6.17 Å². The number of amides is 1. The highest BCUT2D eigenvalue weighted by atomic mass is 16.1. The smallest absolute Gasteiger partial charge is 0.246 e. The van der Waals surface area contributed by atoms with E-state index in [1.165, 1.54) is 231 Å². The number of hydrogen-bond acceptors (Lipinski definition) is 2. The Kier molecular flexibility index (Phi) is 35.4. The highest BCUT2D eigenvalue weighted by molar-refractivity contribution is 5.79. The summed E-state index contributed by atoms with van der Waals surface area (Å²) in [5.74, 6) is 1.58. The molecule has 0 fully saturated rings. The SMILES string of the molecule is CCCCCCCCCCCCCCCCCCCCCCC1=[N+](C(C)NC(=O)CCCCCCCCCCCCCCCCCC)CCN1. The molecule has 0 spiro atoms. The Hall–Kier alpha value is -1.06. The number of amidine groups is 1. The summed E-state index contributed by atoms with van der Waals surface area (Å²) in [6, 6.07) is 0. The molecule has 0 aromatic heterocycles. The summed E-state index contributed by atoms with van der Waals surface area (Å²) >= 11 is 0. The minimum absolute atomic E-state index is 0.0960. The lowest BCUT2D eigenvalue weighted by molar-refractivity contribution is -0.558. The lowest BCUT2D eigenvalue weighted by atomic mass is 10.0. The molecule has 2 N–H and O–H groups in total. The molecule has 0 aromatic rings. The fourth-order valence-electron chi connectivity index (χ4n) is 7.98. The van der Waals surface area contributed by atoms with Crippen LogP contribution in [0.3, 0.4) is 0 Å². The first-order valence-electron chi connectivity index (χ1n) is 23.3. The van der Waals surface area contributed by atoms with Gasteiger partial charge >= 0.3 is 0 Å². The van der Waals surface area contributed by atoms with Crippen LogP contribution in [-0.4, -0.2) is 35.6 Å². The van der Waals surface area contributed by atoms with Crippen molar-refractivity contribution in [3.63, 3.8) is 0 Å². The van der Waals surface area contributed by atoms with Crippen molar-refractivity contribution in [2.24, 2.45) is 0 Å². The van der Waals surface area contributed by atoms with Gasteiger partial charge in [-0.3, -0.25) is 10.1 Å². The zero-order valence-electron chi connectivity index (χ0n) is 34.7. The van der Waals surface area contributed by atoms with Crippen LogP contribution >= 0.6 is 0 Å². The van der Waals surface area contributed by atoms with Crippen LogP contribution in [0.4, 0.5) is 0 Å². The van der Waals surface area contributed by atoms with E-state index >= 15 is 0 Å². The van der Waals surface area contributed by atoms with Crippen LogP contribution in [0.1, 0.15) is 265 Å². The van der Waals surface area contributed by atoms with Crippen molar-refractivity contribution in [2.75, 3.05) is 13.1 Å². The largest absolute Gasteiger partial charge is 0.318 e. The Morgan fingerprint density at radius 3 is 1.14 bits per heavy atom. The fraction of sp³-hybridized carbons (Fsp3) is 0.957. The summed E-state index contributed by atoms with van der Waals surface area (Å²) in [6.07, 6.45) is 52.4. The Morgan fingerprint density at radius 2 is 0.800 bits per heavy atom. The van der Waals surface area contributed by atoms with Crippen molar-refractivity contribution in [1.29, 1.82) is 0 Å². The number of rotatable bonds is 40. The average Bonchev–Trinajstić information content (AvgIpc) is 3.59. The number of nitrogens with zero attached hydrogens (tertiary/aromatic N) is 1. The maximum absolute atomic E-state index is 12.6. The van der Waals surface area contributed by atoms with E-state index in [1.54, 1.807) is 0 Å². The Balaban J connectivity index is 1.90. The molecule has 1 aliphatic heterocycles. The molecule has 1 heterocycles. The first-order valence-corrected chi connectivity index (χ1v) is 23.3. The number of nitrogens with one attached hydrogen (secondary N) is 2. The summed E-state index contributed by atoms with van der Waals surface area (Å²) in [6.45, 7) is 8.78. The van der Waals surface area contributed by atoms with Crippen LogP contribution in [0.25, 0.3) is 0 Å². The molecule has 1 aliphatic rings. The van der Waals surface area contributed by atoms with Gasteiger partial charge in [-0.05, 0) is 19.8 Å². The third-order valence-corrected chi connectivity index (χ3v) is 11.4. The fourth-order valence-corrected chi connectivity index (χ4v) is 7.98. The lowest BCUT2D eigenvalue weighted by Crippen LogP contribution is -2.42. The maximum atomic E-state index is 12.6. The molecular weight excluding hydrogens is 611 g/mol. The third kappa shape index (κ3) is 30.6. The zero-order chi connectivity index (χ0) is 36.0. The van der Waals surface area contributed by atoms with Gasteiger partial charge in [0, 0.05) is 12.8 Å². The Morgan fingerprint density at radius 1 is 0.500 bits per heavy atom. The van der Waals surface area contributed by atoms with E-state index in [4.69, 9.17) is 0 Å². The molecule has 296 valence electrons. The second-order valence-corrected chi connectivity index (χ2v) is 16.3. The molecule has 0 aliphatic carbocycles. The van der Waals surface area contributed by atoms with Crippen LogP contribution in [0.2, 0.25) is 0 Å². The first kappa shape index (κ1) is 47.0. The molecular formula is C46H92N3O+. The van der Waals surface area contributed by atoms with Crippen LogP contribution in [-0.2, 0) is 4.79 Å². The van der Waals surface area contributed by atoms with E-state index in [0.717, 1.165) is 25.9 Å². The van der Waals surface area contributed by atoms with Crippen molar-refractivity contribution in [3.05, 3.63) is 0 Å². The molecule has 0 saturated heterocycles. The van der Waals surface area contributed by atoms with Gasteiger partial charge in [0.1, 0.15) is 13.1 Å². The van der Waals surface area contributed by atoms with Gasteiger partial charge in [0.05, 0.1) is 0 Å². The number of carbonyl (C=O) groups is 1. The van der Waals surface area contributed by atoms with Gasteiger partial charge in [-0.15, -0.1) is 0 Å². The molecule has 1 atom stereocenters. The zero-order valence-corrected chi connectivity index (χ0v) is 34.7. The van der Waals surface area contributed by atoms with Gasteiger partial charge in [-0.1, -0.05) is 232 Å². The van der Waals surface area contributed by atoms with E-state index in [2.05, 4.69) is 36.0 Å². The second kappa shape index (κ2) is 37.7. The molecule has 1 rings (SSSR count). The van der Waals surface area contributed by atoms with Crippen molar-refractivity contribution in [3.8, 4) is 0 Å². The molecule has 1 unspecified atom stereocenters. The second-order valence-electron chi connectivity index (χ2n) is 16.3. The minimum Gasteiger partial charge on any atom is -0.318 e. The predicted octanol–water partition coefficient (Wildman–Crippen LogP) is 14.3. The molecule has 0 radical (unpaired) electrons. The van der Waals surface area contributed by atoms with E-state index in [9.17, 15) is 4.79 Å². The molecule has 4 nitrogen and oxygen atoms in total. The van der Waals surface area contributed by atoms with Gasteiger partial charge in [-0.2, -0.15) is 0 Å². The minimum atomic E-state index is 0.0960. The van der Waals surface area contributed by atoms with Gasteiger partial charge < -0.3 is 5.32 Å². The summed E-state index contributed by atoms with van der Waals surface area (Å²) in [5, 5.41) is 6.91. The Labute approximate surface area is 315 Å². The monoisotopic (exact) mass is 703 g/mol. The van der Waals surface area contributed by atoms with E-state index in [-0.39, 0.29) is 12.1 Å². The highest BCUT2D eigenvalue weighted by Crippen LogP contribution is 2.17.